The highest BCUT2D eigenvalue weighted by molar-refractivity contribution is 5.76. The number of nitrogens with one attached hydrogen (secondary N) is 1. The minimum atomic E-state index is 0.687. The molecule has 84 valence electrons. The van der Waals surface area contributed by atoms with Crippen molar-refractivity contribution in [1.82, 2.24) is 9.97 Å². The number of nitrogens with two attached hydrogens (primary N) is 1. The van der Waals surface area contributed by atoms with Gasteiger partial charge >= 0.3 is 0 Å². The summed E-state index contributed by atoms with van der Waals surface area (Å²) in [7, 11) is 0. The largest absolute Gasteiger partial charge is 0.307 e. The molecule has 1 aromatic carbocycles. The number of hydrazine groups is 1. The highest BCUT2D eigenvalue weighted by Gasteiger charge is 2.06. The summed E-state index contributed by atoms with van der Waals surface area (Å²) in [5, 5.41) is 0. The van der Waals surface area contributed by atoms with Crippen LogP contribution in [0.4, 0.5) is 5.82 Å². The number of nitrogen functional groups attached to an aromatic ring is 1. The van der Waals surface area contributed by atoms with Crippen molar-refractivity contribution in [3.8, 4) is 0 Å². The minimum Gasteiger partial charge on any atom is -0.307 e. The van der Waals surface area contributed by atoms with Crippen LogP contribution in [-0.2, 0) is 6.42 Å². The summed E-state index contributed by atoms with van der Waals surface area (Å²) in [4.78, 5) is 9.03. The van der Waals surface area contributed by atoms with Crippen LogP contribution in [0.5, 0.6) is 0 Å². The Balaban J connectivity index is 2.45. The third-order valence-electron chi connectivity index (χ3n) is 2.55. The number of unbranched alkanes of at least 4 members (excludes halogenated alkanes) is 1. The maximum absolute atomic E-state index is 5.46. The molecule has 0 amide bonds. The van der Waals surface area contributed by atoms with Gasteiger partial charge in [-0.25, -0.2) is 15.8 Å². The number of hydrogen-bond donors (Lipinski definition) is 2. The molecule has 0 atom stereocenters. The highest BCUT2D eigenvalue weighted by atomic mass is 15.3. The summed E-state index contributed by atoms with van der Waals surface area (Å²) in [5.74, 6) is 6.15. The Morgan fingerprint density at radius 1 is 1.19 bits per heavy atom. The molecule has 4 heteroatoms. The summed E-state index contributed by atoms with van der Waals surface area (Å²) < 4.78 is 0. The van der Waals surface area contributed by atoms with Gasteiger partial charge in [-0.1, -0.05) is 25.5 Å². The topological polar surface area (TPSA) is 63.8 Å². The van der Waals surface area contributed by atoms with Crippen LogP contribution >= 0.6 is 0 Å². The van der Waals surface area contributed by atoms with Crippen LogP contribution in [0.2, 0.25) is 0 Å². The molecule has 3 N–H and O–H groups in total. The standard InChI is InChI=1S/C12H16N4/c1-2-3-6-11-12(16-13)15-10-8-5-4-7-9(10)14-11/h4-5,7-8H,2-3,6,13H2,1H3,(H,15,16). The van der Waals surface area contributed by atoms with E-state index in [9.17, 15) is 0 Å². The second-order valence-electron chi connectivity index (χ2n) is 3.76. The summed E-state index contributed by atoms with van der Waals surface area (Å²) in [6, 6.07) is 7.82. The van der Waals surface area contributed by atoms with Crippen molar-refractivity contribution < 1.29 is 0 Å². The minimum absolute atomic E-state index is 0.687. The fourth-order valence-corrected chi connectivity index (χ4v) is 1.67. The normalized spacial score (nSPS) is 10.6. The van der Waals surface area contributed by atoms with E-state index in [1.165, 1.54) is 0 Å². The van der Waals surface area contributed by atoms with Crippen LogP contribution in [0, 0.1) is 0 Å². The number of para-hydroxylation sites is 2. The van der Waals surface area contributed by atoms with Crippen LogP contribution in [0.3, 0.4) is 0 Å². The number of hydrogen-bond acceptors (Lipinski definition) is 4. The van der Waals surface area contributed by atoms with Crippen molar-refractivity contribution in [2.75, 3.05) is 5.43 Å². The fourth-order valence-electron chi connectivity index (χ4n) is 1.67. The monoisotopic (exact) mass is 216 g/mol. The maximum atomic E-state index is 5.46. The van der Waals surface area contributed by atoms with E-state index in [0.29, 0.717) is 5.82 Å². The van der Waals surface area contributed by atoms with E-state index in [1.54, 1.807) is 0 Å². The number of benzene rings is 1. The summed E-state index contributed by atoms with van der Waals surface area (Å²) in [6.45, 7) is 2.16. The van der Waals surface area contributed by atoms with E-state index in [-0.39, 0.29) is 0 Å². The van der Waals surface area contributed by atoms with Gasteiger partial charge < -0.3 is 5.43 Å². The Morgan fingerprint density at radius 3 is 2.50 bits per heavy atom. The lowest BCUT2D eigenvalue weighted by Crippen LogP contribution is -2.12. The average Bonchev–Trinajstić information content (AvgIpc) is 2.35. The van der Waals surface area contributed by atoms with Gasteiger partial charge in [0.25, 0.3) is 0 Å². The molecule has 0 aliphatic heterocycles. The quantitative estimate of drug-likeness (QED) is 0.607. The zero-order valence-corrected chi connectivity index (χ0v) is 9.40. The Morgan fingerprint density at radius 2 is 1.88 bits per heavy atom. The van der Waals surface area contributed by atoms with Crippen LogP contribution in [0.15, 0.2) is 24.3 Å². The van der Waals surface area contributed by atoms with Crippen molar-refractivity contribution in [3.63, 3.8) is 0 Å². The number of fused-ring (bicyclic) bond motifs is 1. The molecule has 2 aromatic rings. The van der Waals surface area contributed by atoms with Gasteiger partial charge in [0.1, 0.15) is 0 Å². The molecule has 1 heterocycles. The van der Waals surface area contributed by atoms with Gasteiger partial charge in [0.05, 0.1) is 16.7 Å². The van der Waals surface area contributed by atoms with Crippen LogP contribution in [0.25, 0.3) is 11.0 Å². The Kier molecular flexibility index (Phi) is 3.31. The second kappa shape index (κ2) is 4.90. The van der Waals surface area contributed by atoms with Crippen molar-refractivity contribution in [3.05, 3.63) is 30.0 Å². The number of anilines is 1. The van der Waals surface area contributed by atoms with Crippen molar-refractivity contribution in [1.29, 1.82) is 0 Å². The number of nitrogens with zero attached hydrogens (tertiary/aromatic N) is 2. The molecule has 16 heavy (non-hydrogen) atoms. The predicted octanol–water partition coefficient (Wildman–Crippen LogP) is 2.26. The molecule has 0 bridgehead atoms. The molecule has 0 radical (unpaired) electrons. The van der Waals surface area contributed by atoms with E-state index in [0.717, 1.165) is 36.0 Å². The van der Waals surface area contributed by atoms with Gasteiger partial charge in [-0.2, -0.15) is 0 Å². The van der Waals surface area contributed by atoms with E-state index in [1.807, 2.05) is 24.3 Å². The van der Waals surface area contributed by atoms with Crippen LogP contribution in [-0.4, -0.2) is 9.97 Å². The molecular formula is C12H16N4. The molecule has 0 saturated heterocycles. The van der Waals surface area contributed by atoms with E-state index < -0.39 is 0 Å². The van der Waals surface area contributed by atoms with Gasteiger partial charge in [-0.15, -0.1) is 0 Å². The average molecular weight is 216 g/mol. The predicted molar refractivity (Wildman–Crippen MR) is 66.0 cm³/mol. The van der Waals surface area contributed by atoms with E-state index in [2.05, 4.69) is 22.3 Å². The third-order valence-corrected chi connectivity index (χ3v) is 2.55. The first kappa shape index (κ1) is 10.8. The summed E-state index contributed by atoms with van der Waals surface area (Å²) in [5.41, 5.74) is 5.36. The Bertz CT molecular complexity index is 481. The number of aryl methyl sites for hydroxylation is 1. The van der Waals surface area contributed by atoms with Gasteiger partial charge in [-0.05, 0) is 25.0 Å². The molecule has 0 aliphatic carbocycles. The zero-order valence-electron chi connectivity index (χ0n) is 9.40. The molecule has 0 fully saturated rings. The number of rotatable bonds is 4. The SMILES string of the molecule is CCCCc1nc2ccccc2nc1NN. The first-order chi connectivity index (χ1) is 7.85. The van der Waals surface area contributed by atoms with Gasteiger partial charge in [-0.3, -0.25) is 0 Å². The zero-order chi connectivity index (χ0) is 11.4. The molecule has 4 nitrogen and oxygen atoms in total. The van der Waals surface area contributed by atoms with E-state index in [4.69, 9.17) is 5.84 Å². The van der Waals surface area contributed by atoms with Crippen LogP contribution in [0.1, 0.15) is 25.5 Å². The molecule has 0 aliphatic rings. The first-order valence-corrected chi connectivity index (χ1v) is 5.57. The molecule has 2 rings (SSSR count). The number of aromatic nitrogens is 2. The highest BCUT2D eigenvalue weighted by Crippen LogP contribution is 2.17. The summed E-state index contributed by atoms with van der Waals surface area (Å²) in [6.07, 6.45) is 3.15. The lowest BCUT2D eigenvalue weighted by molar-refractivity contribution is 0.777. The first-order valence-electron chi connectivity index (χ1n) is 5.57. The van der Waals surface area contributed by atoms with Crippen LogP contribution < -0.4 is 11.3 Å². The van der Waals surface area contributed by atoms with E-state index >= 15 is 0 Å². The van der Waals surface area contributed by atoms with Crippen molar-refractivity contribution in [2.45, 2.75) is 26.2 Å². The van der Waals surface area contributed by atoms with Gasteiger partial charge in [0, 0.05) is 0 Å². The van der Waals surface area contributed by atoms with Gasteiger partial charge in [0.2, 0.25) is 0 Å². The molecule has 0 spiro atoms. The molecule has 1 aromatic heterocycles. The fraction of sp³-hybridized carbons (Fsp3) is 0.333. The van der Waals surface area contributed by atoms with Crippen molar-refractivity contribution in [2.24, 2.45) is 5.84 Å². The molecule has 0 saturated carbocycles. The lowest BCUT2D eigenvalue weighted by Gasteiger charge is -2.08. The second-order valence-corrected chi connectivity index (χ2v) is 3.76. The maximum Gasteiger partial charge on any atom is 0.162 e. The van der Waals surface area contributed by atoms with Crippen molar-refractivity contribution >= 4 is 16.9 Å². The molecular weight excluding hydrogens is 200 g/mol. The smallest absolute Gasteiger partial charge is 0.162 e. The third kappa shape index (κ3) is 2.12. The van der Waals surface area contributed by atoms with Gasteiger partial charge in [0.15, 0.2) is 5.82 Å². The molecule has 0 unspecified atom stereocenters. The Hall–Kier alpha value is -1.68. The Labute approximate surface area is 94.9 Å². The summed E-state index contributed by atoms with van der Waals surface area (Å²) >= 11 is 0. The lowest BCUT2D eigenvalue weighted by atomic mass is 10.2.